The Morgan fingerprint density at radius 2 is 1.08 bits per heavy atom. The highest BCUT2D eigenvalue weighted by Gasteiger charge is 2.22. The summed E-state index contributed by atoms with van der Waals surface area (Å²) >= 11 is 0. The number of benzene rings is 9. The zero-order valence-electron chi connectivity index (χ0n) is 33.5. The second-order valence-corrected chi connectivity index (χ2v) is 16.0. The Kier molecular flexibility index (Phi) is 8.17. The molecule has 0 radical (unpaired) electrons. The molecule has 0 aliphatic carbocycles. The molecule has 61 heavy (non-hydrogen) atoms. The van der Waals surface area contributed by atoms with Gasteiger partial charge in [-0.05, 0) is 117 Å². The number of amidine groups is 1. The number of hydrogen-bond acceptors (Lipinski definition) is 4. The van der Waals surface area contributed by atoms with Crippen molar-refractivity contribution >= 4 is 82.7 Å². The highest BCUT2D eigenvalue weighted by Crippen LogP contribution is 2.42. The van der Waals surface area contributed by atoms with E-state index in [-0.39, 0.29) is 0 Å². The molecule has 0 bridgehead atoms. The standard InChI is InChI=1S/C57H38N2O2/c1-35-25-32-50(40-27-26-37-15-5-6-16-38(37)33-40)58-57(59-55(35)49-22-11-21-46-44-19-9-10-23-51(44)61-56(46)49)47-31-30-43(41-17-7-8-18-42(41)47)45-20-12-24-52-54(45)48-29-28-39(34-53(48)60-52)36-13-3-2-4-14-36/h2-24,26-31,33-34H,25,32H2,1H3/b55-35-,58-50+,59-57-. The number of rotatable bonds is 5. The van der Waals surface area contributed by atoms with Gasteiger partial charge in [0.15, 0.2) is 5.84 Å². The van der Waals surface area contributed by atoms with Crippen LogP contribution in [0.15, 0.2) is 212 Å². The van der Waals surface area contributed by atoms with E-state index in [1.807, 2.05) is 18.2 Å². The van der Waals surface area contributed by atoms with Gasteiger partial charge in [-0.1, -0.05) is 146 Å². The van der Waals surface area contributed by atoms with Crippen molar-refractivity contribution in [2.45, 2.75) is 19.8 Å². The highest BCUT2D eigenvalue weighted by molar-refractivity contribution is 6.22. The van der Waals surface area contributed by atoms with Gasteiger partial charge in [-0.15, -0.1) is 0 Å². The summed E-state index contributed by atoms with van der Waals surface area (Å²) in [6.45, 7) is 2.21. The Morgan fingerprint density at radius 1 is 0.393 bits per heavy atom. The van der Waals surface area contributed by atoms with Gasteiger partial charge in [0.1, 0.15) is 22.3 Å². The number of para-hydroxylation sites is 2. The Bertz CT molecular complexity index is 3660. The van der Waals surface area contributed by atoms with Crippen LogP contribution in [0.4, 0.5) is 0 Å². The average molecular weight is 783 g/mol. The molecule has 1 aliphatic heterocycles. The molecule has 12 rings (SSSR count). The van der Waals surface area contributed by atoms with Crippen molar-refractivity contribution in [1.82, 2.24) is 0 Å². The highest BCUT2D eigenvalue weighted by atomic mass is 16.3. The normalized spacial score (nSPS) is 16.5. The molecule has 4 heteroatoms. The summed E-state index contributed by atoms with van der Waals surface area (Å²) < 4.78 is 13.2. The summed E-state index contributed by atoms with van der Waals surface area (Å²) in [5.74, 6) is 0.675. The lowest BCUT2D eigenvalue weighted by Gasteiger charge is -2.18. The Morgan fingerprint density at radius 3 is 1.97 bits per heavy atom. The molecule has 0 unspecified atom stereocenters. The number of aliphatic imine (C=N–C) groups is 2. The Balaban J connectivity index is 1.07. The lowest BCUT2D eigenvalue weighted by molar-refractivity contribution is 0.667. The molecule has 9 aromatic carbocycles. The van der Waals surface area contributed by atoms with E-state index in [4.69, 9.17) is 18.8 Å². The lowest BCUT2D eigenvalue weighted by atomic mass is 9.91. The van der Waals surface area contributed by atoms with Crippen molar-refractivity contribution in [2.75, 3.05) is 0 Å². The van der Waals surface area contributed by atoms with Crippen LogP contribution in [0.5, 0.6) is 0 Å². The maximum atomic E-state index is 6.61. The van der Waals surface area contributed by atoms with E-state index in [0.29, 0.717) is 5.84 Å². The average Bonchev–Trinajstić information content (AvgIpc) is 3.89. The molecule has 0 amide bonds. The van der Waals surface area contributed by atoms with E-state index in [1.54, 1.807) is 0 Å². The lowest BCUT2D eigenvalue weighted by Crippen LogP contribution is -2.11. The van der Waals surface area contributed by atoms with Gasteiger partial charge < -0.3 is 8.83 Å². The summed E-state index contributed by atoms with van der Waals surface area (Å²) in [5, 5.41) is 8.99. The van der Waals surface area contributed by atoms with Gasteiger partial charge in [0.25, 0.3) is 0 Å². The third-order valence-electron chi connectivity index (χ3n) is 12.4. The Labute approximate surface area is 352 Å². The third kappa shape index (κ3) is 5.90. The zero-order chi connectivity index (χ0) is 40.4. The van der Waals surface area contributed by atoms with Crippen LogP contribution in [0.25, 0.3) is 93.4 Å². The molecule has 0 saturated heterocycles. The number of furan rings is 2. The largest absolute Gasteiger partial charge is 0.456 e. The van der Waals surface area contributed by atoms with Crippen LogP contribution in [0, 0.1) is 0 Å². The fourth-order valence-corrected chi connectivity index (χ4v) is 9.35. The maximum absolute atomic E-state index is 6.61. The van der Waals surface area contributed by atoms with Gasteiger partial charge in [0.05, 0.1) is 11.4 Å². The predicted octanol–water partition coefficient (Wildman–Crippen LogP) is 15.6. The van der Waals surface area contributed by atoms with E-state index in [2.05, 4.69) is 177 Å². The number of nitrogens with zero attached hydrogens (tertiary/aromatic N) is 2. The van der Waals surface area contributed by atoms with E-state index in [9.17, 15) is 0 Å². The van der Waals surface area contributed by atoms with Gasteiger partial charge in [-0.2, -0.15) is 0 Å². The molecule has 0 fully saturated rings. The van der Waals surface area contributed by atoms with Gasteiger partial charge in [0.2, 0.25) is 0 Å². The van der Waals surface area contributed by atoms with Gasteiger partial charge in [-0.3, -0.25) is 0 Å². The quantitative estimate of drug-likeness (QED) is 0.175. The maximum Gasteiger partial charge on any atom is 0.160 e. The molecule has 0 atom stereocenters. The van der Waals surface area contributed by atoms with Crippen LogP contribution in [0.2, 0.25) is 0 Å². The first-order chi connectivity index (χ1) is 30.1. The van der Waals surface area contributed by atoms with Crippen molar-refractivity contribution in [3.63, 3.8) is 0 Å². The molecule has 0 N–H and O–H groups in total. The minimum Gasteiger partial charge on any atom is -0.456 e. The summed E-state index contributed by atoms with van der Waals surface area (Å²) in [6, 6.07) is 66.4. The number of fused-ring (bicyclic) bond motifs is 8. The van der Waals surface area contributed by atoms with Crippen LogP contribution in [-0.4, -0.2) is 11.5 Å². The van der Waals surface area contributed by atoms with E-state index in [0.717, 1.165) is 118 Å². The van der Waals surface area contributed by atoms with Crippen molar-refractivity contribution in [3.05, 3.63) is 210 Å². The number of hydrogen-bond donors (Lipinski definition) is 0. The van der Waals surface area contributed by atoms with Crippen LogP contribution < -0.4 is 0 Å². The monoisotopic (exact) mass is 782 g/mol. The summed E-state index contributed by atoms with van der Waals surface area (Å²) in [7, 11) is 0. The SMILES string of the molecule is C/C1=C(c2cccc3c2oc2ccccc23)/N=C(c2ccc(-c3cccc4oc5cc(-c6ccccc6)ccc5c34)c3ccccc23)\N=C(\c2ccc3ccccc3c2)CC1. The van der Waals surface area contributed by atoms with E-state index in [1.165, 1.54) is 16.3 Å². The minimum atomic E-state index is 0.675. The molecule has 0 saturated carbocycles. The molecular formula is C57H38N2O2. The summed E-state index contributed by atoms with van der Waals surface area (Å²) in [5.41, 5.74) is 14.2. The molecule has 11 aromatic rings. The van der Waals surface area contributed by atoms with E-state index >= 15 is 0 Å². The molecule has 288 valence electrons. The zero-order valence-corrected chi connectivity index (χ0v) is 33.5. The molecular weight excluding hydrogens is 745 g/mol. The van der Waals surface area contributed by atoms with Crippen LogP contribution >= 0.6 is 0 Å². The molecule has 3 heterocycles. The van der Waals surface area contributed by atoms with Crippen molar-refractivity contribution in [3.8, 4) is 22.3 Å². The second kappa shape index (κ2) is 14.2. The van der Waals surface area contributed by atoms with Gasteiger partial charge in [-0.25, -0.2) is 9.98 Å². The summed E-state index contributed by atoms with van der Waals surface area (Å²) in [4.78, 5) is 11.2. The van der Waals surface area contributed by atoms with Gasteiger partial charge in [0, 0.05) is 32.7 Å². The van der Waals surface area contributed by atoms with Crippen LogP contribution in [0.1, 0.15) is 36.5 Å². The van der Waals surface area contributed by atoms with Gasteiger partial charge >= 0.3 is 0 Å². The predicted molar refractivity (Wildman–Crippen MR) is 255 cm³/mol. The van der Waals surface area contributed by atoms with E-state index < -0.39 is 0 Å². The topological polar surface area (TPSA) is 51.0 Å². The minimum absolute atomic E-state index is 0.675. The fraction of sp³-hybridized carbons (Fsp3) is 0.0526. The first-order valence-electron chi connectivity index (χ1n) is 20.9. The summed E-state index contributed by atoms with van der Waals surface area (Å²) in [6.07, 6.45) is 1.57. The Hall–Kier alpha value is -7.82. The third-order valence-corrected chi connectivity index (χ3v) is 12.4. The molecule has 0 spiro atoms. The smallest absolute Gasteiger partial charge is 0.160 e. The van der Waals surface area contributed by atoms with Crippen LogP contribution in [0.3, 0.4) is 0 Å². The molecule has 2 aromatic heterocycles. The first kappa shape index (κ1) is 35.2. The first-order valence-corrected chi connectivity index (χ1v) is 20.9. The van der Waals surface area contributed by atoms with Crippen molar-refractivity contribution < 1.29 is 8.83 Å². The molecule has 1 aliphatic rings. The van der Waals surface area contributed by atoms with Crippen LogP contribution in [-0.2, 0) is 0 Å². The number of allylic oxidation sites excluding steroid dienone is 1. The fourth-order valence-electron chi connectivity index (χ4n) is 9.35. The molecule has 4 nitrogen and oxygen atoms in total. The van der Waals surface area contributed by atoms with Crippen molar-refractivity contribution in [2.24, 2.45) is 9.98 Å². The second-order valence-electron chi connectivity index (χ2n) is 16.0. The van der Waals surface area contributed by atoms with Crippen molar-refractivity contribution in [1.29, 1.82) is 0 Å².